The van der Waals surface area contributed by atoms with Crippen LogP contribution in [0, 0.1) is 13.8 Å². The van der Waals surface area contributed by atoms with Gasteiger partial charge in [-0.2, -0.15) is 8.61 Å². The molecule has 0 aliphatic carbocycles. The Morgan fingerprint density at radius 2 is 1.11 bits per heavy atom. The number of aromatic nitrogens is 6. The molecule has 1 unspecified atom stereocenters. The Labute approximate surface area is 496 Å². The van der Waals surface area contributed by atoms with Gasteiger partial charge >= 0.3 is 24.8 Å². The van der Waals surface area contributed by atoms with Gasteiger partial charge in [0, 0.05) is 75.1 Å². The normalized spacial score (nSPS) is 14.9. The van der Waals surface area contributed by atoms with E-state index in [9.17, 15) is 46.2 Å². The van der Waals surface area contributed by atoms with Crippen LogP contribution in [-0.2, 0) is 47.2 Å². The zero-order valence-corrected chi connectivity index (χ0v) is 51.1. The molecule has 4 aromatic heterocycles. The number of sulfonamides is 2. The summed E-state index contributed by atoms with van der Waals surface area (Å²) < 4.78 is 80.6. The molecule has 0 amide bonds. The molecule has 1 atom stereocenters. The number of aldehydes is 1. The van der Waals surface area contributed by atoms with Crippen molar-refractivity contribution in [3.63, 3.8) is 0 Å². The summed E-state index contributed by atoms with van der Waals surface area (Å²) in [6.45, 7) is 22.8. The maximum atomic E-state index is 13.5. The fourth-order valence-electron chi connectivity index (χ4n) is 9.90. The maximum Gasteiger partial charge on any atom is 1.00 e. The Morgan fingerprint density at radius 1 is 0.687 bits per heavy atom. The third kappa shape index (κ3) is 15.3. The molecule has 2 saturated heterocycles. The molecule has 2 fully saturated rings. The number of benzene rings is 2. The van der Waals surface area contributed by atoms with Crippen molar-refractivity contribution in [2.45, 2.75) is 103 Å². The molecule has 2 aliphatic heterocycles. The molecule has 6 heterocycles. The van der Waals surface area contributed by atoms with Crippen LogP contribution in [0.25, 0.3) is 33.8 Å². The molecular weight excluding hydrogens is 1110 g/mol. The van der Waals surface area contributed by atoms with Gasteiger partial charge in [0.25, 0.3) is 11.1 Å². The number of aromatic amines is 2. The molecule has 6 aromatic rings. The number of hydrogen-bond acceptors (Lipinski definition) is 18. The summed E-state index contributed by atoms with van der Waals surface area (Å²) in [5.41, 5.74) is 3.62. The molecule has 2 aromatic carbocycles. The Bertz CT molecular complexity index is 3600. The van der Waals surface area contributed by atoms with Crippen LogP contribution in [0.3, 0.4) is 0 Å². The number of fused-ring (bicyclic) bond motifs is 2. The minimum atomic E-state index is -3.80. The van der Waals surface area contributed by atoms with Crippen molar-refractivity contribution >= 4 is 43.3 Å². The quantitative estimate of drug-likeness (QED) is 0.0395. The van der Waals surface area contributed by atoms with Gasteiger partial charge in [-0.05, 0) is 116 Å². The number of aryl methyl sites for hydroxylation is 4. The number of carbonyl (C=O) groups excluding carboxylic acids is 2. The molecule has 24 nitrogen and oxygen atoms in total. The molecule has 0 radical (unpaired) electrons. The predicted octanol–water partition coefficient (Wildman–Crippen LogP) is 1.23. The molecule has 0 saturated carbocycles. The fourth-order valence-corrected chi connectivity index (χ4v) is 12.8. The predicted molar refractivity (Wildman–Crippen MR) is 307 cm³/mol. The number of aliphatic hydroxyl groups excluding tert-OH is 1. The Morgan fingerprint density at radius 3 is 1.49 bits per heavy atom. The van der Waals surface area contributed by atoms with Gasteiger partial charge < -0.3 is 48.9 Å². The van der Waals surface area contributed by atoms with Crippen molar-refractivity contribution in [1.29, 1.82) is 0 Å². The van der Waals surface area contributed by atoms with E-state index in [0.29, 0.717) is 153 Å². The van der Waals surface area contributed by atoms with Crippen LogP contribution in [0.2, 0.25) is 0 Å². The van der Waals surface area contributed by atoms with E-state index < -0.39 is 49.2 Å². The van der Waals surface area contributed by atoms with Gasteiger partial charge in [-0.15, -0.1) is 10.2 Å². The second kappa shape index (κ2) is 30.0. The Hall–Kier alpha value is -6.34. The largest absolute Gasteiger partial charge is 1.00 e. The van der Waals surface area contributed by atoms with Crippen molar-refractivity contribution in [3.8, 4) is 34.3 Å². The van der Waals surface area contributed by atoms with Crippen LogP contribution in [0.4, 0.5) is 0 Å². The van der Waals surface area contributed by atoms with Gasteiger partial charge in [-0.1, -0.05) is 40.2 Å². The number of hydrogen-bond donors (Lipinski definition) is 3. The van der Waals surface area contributed by atoms with Gasteiger partial charge in [0.05, 0.1) is 59.0 Å². The van der Waals surface area contributed by atoms with Gasteiger partial charge in [0.15, 0.2) is 17.9 Å². The van der Waals surface area contributed by atoms with E-state index in [2.05, 4.69) is 36.2 Å². The third-order valence-corrected chi connectivity index (χ3v) is 17.8. The van der Waals surface area contributed by atoms with Crippen molar-refractivity contribution in [1.82, 2.24) is 47.6 Å². The number of ether oxygens (including phenoxy) is 4. The average molecular weight is 1190 g/mol. The summed E-state index contributed by atoms with van der Waals surface area (Å²) in [4.78, 5) is 60.4. The summed E-state index contributed by atoms with van der Waals surface area (Å²) in [5, 5.41) is 30.1. The first kappa shape index (κ1) is 67.4. The monoisotopic (exact) mass is 1180 g/mol. The standard InChI is InChI=1S/C28H39N5O7S.C24H31N5O5S.C4H8O2.Li/c1-6-9-21-25(22(34)17-24(35)40-8-3)18(4)26-28(36)29-27(30-33(21)26)20-16-19(10-11-23(20)39-7-2)41(37,38)32-14-12-31(5)13-15-32;1-5-7-20-19(15-30)16(3)22-24(31)25-23(26-29(20)22)18-14-17(8-9-21(18)34-6-2)35(32,33)28-12-10-27(4)11-13-28;1-3-6-4(2)5;/h10-11,16,22,34H,6-9,12-15,17H2,1-5H3,(H,29,30,36);8-9,14-15H,5-7,10-13H2,1-4H3,(H,25,26,31);5H,2-3H2,1H3;/q;;;+1/p-1. The molecule has 2 aliphatic rings. The number of nitrogens with one attached hydrogen (secondary N) is 2. The first-order valence-electron chi connectivity index (χ1n) is 27.5. The van der Waals surface area contributed by atoms with Crippen LogP contribution in [0.15, 0.2) is 68.3 Å². The third-order valence-electron chi connectivity index (χ3n) is 14.0. The van der Waals surface area contributed by atoms with Crippen molar-refractivity contribution < 1.29 is 74.4 Å². The van der Waals surface area contributed by atoms with Crippen LogP contribution in [0.1, 0.15) is 105 Å². The molecule has 0 bridgehead atoms. The van der Waals surface area contributed by atoms with Gasteiger partial charge in [0.1, 0.15) is 22.5 Å². The average Bonchev–Trinajstić information content (AvgIpc) is 2.33. The molecule has 8 rings (SSSR count). The van der Waals surface area contributed by atoms with Crippen LogP contribution in [0.5, 0.6) is 11.5 Å². The SMILES string of the molecule is C=C([O-])OCC.CCCc1c(C(O)CC(=O)OCC)c(C)c2c(=O)[nH]c(-c3cc(S(=O)(=O)N4CCN(C)CC4)ccc3OCC)nn12.CCCc1c(C=O)c(C)c2c(=O)[nH]c(-c3cc(S(=O)(=O)N4CCN(C)CC4)ccc3OCC)nn12.[Li+]. The molecule has 448 valence electrons. The van der Waals surface area contributed by atoms with Crippen molar-refractivity contribution in [2.75, 3.05) is 92.9 Å². The number of carbonyl (C=O) groups is 2. The van der Waals surface area contributed by atoms with E-state index in [-0.39, 0.29) is 58.8 Å². The summed E-state index contributed by atoms with van der Waals surface area (Å²) in [6.07, 6.45) is 1.81. The van der Waals surface area contributed by atoms with E-state index in [0.717, 1.165) is 12.7 Å². The molecule has 0 spiro atoms. The van der Waals surface area contributed by atoms with Gasteiger partial charge in [0.2, 0.25) is 20.0 Å². The number of likely N-dealkylation sites (N-methyl/N-ethyl adjacent to an activating group) is 2. The second-order valence-corrected chi connectivity index (χ2v) is 23.5. The van der Waals surface area contributed by atoms with Crippen LogP contribution < -0.4 is 44.6 Å². The molecule has 83 heavy (non-hydrogen) atoms. The van der Waals surface area contributed by atoms with E-state index in [1.54, 1.807) is 39.8 Å². The Kier molecular flexibility index (Phi) is 24.3. The van der Waals surface area contributed by atoms with Crippen LogP contribution >= 0.6 is 0 Å². The minimum absolute atomic E-state index is 0. The number of rotatable bonds is 21. The summed E-state index contributed by atoms with van der Waals surface area (Å²) in [7, 11) is -3.63. The van der Waals surface area contributed by atoms with Crippen LogP contribution in [-0.4, -0.2) is 175 Å². The second-order valence-electron chi connectivity index (χ2n) is 19.6. The Balaban J connectivity index is 0.000000276. The van der Waals surface area contributed by atoms with Gasteiger partial charge in [-0.3, -0.25) is 19.2 Å². The van der Waals surface area contributed by atoms with Crippen molar-refractivity contribution in [3.05, 3.63) is 103 Å². The summed E-state index contributed by atoms with van der Waals surface area (Å²) >= 11 is 0. The van der Waals surface area contributed by atoms with E-state index >= 15 is 0 Å². The number of H-pyrrole nitrogens is 2. The van der Waals surface area contributed by atoms with Crippen molar-refractivity contribution in [2.24, 2.45) is 0 Å². The summed E-state index contributed by atoms with van der Waals surface area (Å²) in [6, 6.07) is 9.18. The summed E-state index contributed by atoms with van der Waals surface area (Å²) in [5.74, 6) is 0.0721. The number of aliphatic hydroxyl groups is 1. The van der Waals surface area contributed by atoms with E-state index in [1.807, 2.05) is 41.8 Å². The maximum absolute atomic E-state index is 13.5. The zero-order valence-electron chi connectivity index (χ0n) is 49.5. The molecular formula is C56H77LiN10O14S2. The first-order chi connectivity index (χ1) is 39.0. The molecule has 27 heteroatoms. The number of piperazine rings is 2. The first-order valence-corrected chi connectivity index (χ1v) is 30.4. The minimum Gasteiger partial charge on any atom is -0.614 e. The topological polar surface area (TPSA) is 296 Å². The van der Waals surface area contributed by atoms with E-state index in [1.165, 1.54) is 41.9 Å². The number of esters is 1. The molecule has 3 N–H and O–H groups in total. The zero-order chi connectivity index (χ0) is 60.2. The van der Waals surface area contributed by atoms with E-state index in [4.69, 9.17) is 19.3 Å². The smallest absolute Gasteiger partial charge is 0.614 e. The van der Waals surface area contributed by atoms with Gasteiger partial charge in [-0.25, -0.2) is 25.9 Å². The fraction of sp³-hybridized carbons (Fsp3) is 0.500. The number of nitrogens with zero attached hydrogens (tertiary/aromatic N) is 8.